The Morgan fingerprint density at radius 1 is 1.38 bits per heavy atom. The molecular formula is C11H21N3O2. The van der Waals surface area contributed by atoms with Gasteiger partial charge >= 0.3 is 0 Å². The zero-order chi connectivity index (χ0) is 12.2. The summed E-state index contributed by atoms with van der Waals surface area (Å²) >= 11 is 0. The minimum atomic E-state index is -0.305. The van der Waals surface area contributed by atoms with Crippen LogP contribution in [0.1, 0.15) is 33.1 Å². The lowest BCUT2D eigenvalue weighted by molar-refractivity contribution is -0.126. The van der Waals surface area contributed by atoms with E-state index in [9.17, 15) is 9.59 Å². The second-order valence-corrected chi connectivity index (χ2v) is 4.98. The van der Waals surface area contributed by atoms with E-state index < -0.39 is 0 Å². The van der Waals surface area contributed by atoms with Crippen LogP contribution >= 0.6 is 0 Å². The van der Waals surface area contributed by atoms with Crippen molar-refractivity contribution in [3.05, 3.63) is 0 Å². The van der Waals surface area contributed by atoms with Gasteiger partial charge in [0.2, 0.25) is 11.8 Å². The first-order valence-electron chi connectivity index (χ1n) is 5.72. The predicted molar refractivity (Wildman–Crippen MR) is 61.6 cm³/mol. The zero-order valence-electron chi connectivity index (χ0n) is 10.0. The van der Waals surface area contributed by atoms with Crippen LogP contribution < -0.4 is 16.4 Å². The van der Waals surface area contributed by atoms with Crippen LogP contribution in [0, 0.1) is 5.41 Å². The van der Waals surface area contributed by atoms with Crippen molar-refractivity contribution in [2.75, 3.05) is 13.1 Å². The molecule has 1 rings (SSSR count). The van der Waals surface area contributed by atoms with Crippen molar-refractivity contribution in [1.29, 1.82) is 0 Å². The molecule has 1 unspecified atom stereocenters. The minimum absolute atomic E-state index is 0.0165. The second kappa shape index (κ2) is 5.30. The summed E-state index contributed by atoms with van der Waals surface area (Å²) in [7, 11) is 0. The monoisotopic (exact) mass is 227 g/mol. The molecule has 1 fully saturated rings. The number of hydrogen-bond acceptors (Lipinski definition) is 3. The van der Waals surface area contributed by atoms with Gasteiger partial charge in [0.05, 0.1) is 13.1 Å². The number of nitrogens with two attached hydrogens (primary N) is 1. The molecular weight excluding hydrogens is 206 g/mol. The Bertz CT molecular complexity index is 276. The SMILES string of the molecule is CC1(C)CCCC1NC(=O)CNC(=O)CN. The van der Waals surface area contributed by atoms with Gasteiger partial charge in [0, 0.05) is 6.04 Å². The molecule has 2 amide bonds. The van der Waals surface area contributed by atoms with Gasteiger partial charge in [-0.2, -0.15) is 0 Å². The molecule has 0 aromatic carbocycles. The van der Waals surface area contributed by atoms with Crippen LogP contribution in [-0.2, 0) is 9.59 Å². The van der Waals surface area contributed by atoms with Crippen LogP contribution in [-0.4, -0.2) is 30.9 Å². The van der Waals surface area contributed by atoms with Crippen molar-refractivity contribution in [1.82, 2.24) is 10.6 Å². The molecule has 0 bridgehead atoms. The molecule has 92 valence electrons. The number of carbonyl (C=O) groups is 2. The van der Waals surface area contributed by atoms with E-state index in [0.717, 1.165) is 19.3 Å². The Labute approximate surface area is 96.1 Å². The van der Waals surface area contributed by atoms with Gasteiger partial charge < -0.3 is 16.4 Å². The van der Waals surface area contributed by atoms with Crippen LogP contribution in [0.15, 0.2) is 0 Å². The van der Waals surface area contributed by atoms with Crippen molar-refractivity contribution in [3.8, 4) is 0 Å². The van der Waals surface area contributed by atoms with Crippen LogP contribution in [0.3, 0.4) is 0 Å². The summed E-state index contributed by atoms with van der Waals surface area (Å²) < 4.78 is 0. The summed E-state index contributed by atoms with van der Waals surface area (Å²) in [6.45, 7) is 4.25. The fourth-order valence-corrected chi connectivity index (χ4v) is 2.09. The molecule has 0 saturated heterocycles. The summed E-state index contributed by atoms with van der Waals surface area (Å²) in [5.41, 5.74) is 5.28. The number of nitrogens with one attached hydrogen (secondary N) is 2. The smallest absolute Gasteiger partial charge is 0.239 e. The maximum absolute atomic E-state index is 11.5. The van der Waals surface area contributed by atoms with Crippen molar-refractivity contribution < 1.29 is 9.59 Å². The Balaban J connectivity index is 2.32. The van der Waals surface area contributed by atoms with E-state index in [1.165, 1.54) is 0 Å². The highest BCUT2D eigenvalue weighted by atomic mass is 16.2. The van der Waals surface area contributed by atoms with E-state index in [2.05, 4.69) is 24.5 Å². The maximum Gasteiger partial charge on any atom is 0.239 e. The molecule has 4 N–H and O–H groups in total. The highest BCUT2D eigenvalue weighted by molar-refractivity contribution is 5.85. The van der Waals surface area contributed by atoms with Gasteiger partial charge in [0.25, 0.3) is 0 Å². The number of amides is 2. The first kappa shape index (κ1) is 13.0. The zero-order valence-corrected chi connectivity index (χ0v) is 10.0. The topological polar surface area (TPSA) is 84.2 Å². The lowest BCUT2D eigenvalue weighted by atomic mass is 9.87. The molecule has 5 nitrogen and oxygen atoms in total. The summed E-state index contributed by atoms with van der Waals surface area (Å²) in [5, 5.41) is 5.41. The second-order valence-electron chi connectivity index (χ2n) is 4.98. The van der Waals surface area contributed by atoms with E-state index in [0.29, 0.717) is 0 Å². The summed E-state index contributed by atoms with van der Waals surface area (Å²) in [4.78, 5) is 22.4. The third-order valence-electron chi connectivity index (χ3n) is 3.22. The van der Waals surface area contributed by atoms with Crippen molar-refractivity contribution in [2.24, 2.45) is 11.1 Å². The number of carbonyl (C=O) groups excluding carboxylic acids is 2. The van der Waals surface area contributed by atoms with Crippen LogP contribution in [0.4, 0.5) is 0 Å². The third-order valence-corrected chi connectivity index (χ3v) is 3.22. The average molecular weight is 227 g/mol. The number of hydrogen-bond donors (Lipinski definition) is 3. The number of rotatable bonds is 4. The molecule has 1 aliphatic carbocycles. The lowest BCUT2D eigenvalue weighted by Crippen LogP contribution is -2.46. The maximum atomic E-state index is 11.5. The largest absolute Gasteiger partial charge is 0.351 e. The van der Waals surface area contributed by atoms with Crippen LogP contribution in [0.25, 0.3) is 0 Å². The van der Waals surface area contributed by atoms with Crippen LogP contribution in [0.5, 0.6) is 0 Å². The molecule has 1 atom stereocenters. The quantitative estimate of drug-likeness (QED) is 0.619. The lowest BCUT2D eigenvalue weighted by Gasteiger charge is -2.27. The normalized spacial score (nSPS) is 22.8. The molecule has 1 saturated carbocycles. The van der Waals surface area contributed by atoms with E-state index in [1.54, 1.807) is 0 Å². The molecule has 1 aliphatic rings. The molecule has 0 aliphatic heterocycles. The van der Waals surface area contributed by atoms with Gasteiger partial charge in [-0.3, -0.25) is 9.59 Å². The van der Waals surface area contributed by atoms with E-state index in [4.69, 9.17) is 5.73 Å². The molecule has 0 heterocycles. The molecule has 0 aromatic rings. The Morgan fingerprint density at radius 3 is 2.56 bits per heavy atom. The van der Waals surface area contributed by atoms with Crippen molar-refractivity contribution >= 4 is 11.8 Å². The van der Waals surface area contributed by atoms with Gasteiger partial charge in [-0.25, -0.2) is 0 Å². The first-order valence-corrected chi connectivity index (χ1v) is 5.72. The highest BCUT2D eigenvalue weighted by Crippen LogP contribution is 2.36. The van der Waals surface area contributed by atoms with E-state index >= 15 is 0 Å². The third kappa shape index (κ3) is 3.48. The van der Waals surface area contributed by atoms with Gasteiger partial charge in [-0.05, 0) is 18.3 Å². The van der Waals surface area contributed by atoms with Gasteiger partial charge in [0.1, 0.15) is 0 Å². The first-order chi connectivity index (χ1) is 7.45. The Hall–Kier alpha value is -1.10. The summed E-state index contributed by atoms with van der Waals surface area (Å²) in [5.74, 6) is -0.442. The van der Waals surface area contributed by atoms with Crippen LogP contribution in [0.2, 0.25) is 0 Å². The molecule has 0 aromatic heterocycles. The summed E-state index contributed by atoms with van der Waals surface area (Å²) in [6.07, 6.45) is 3.30. The fraction of sp³-hybridized carbons (Fsp3) is 0.818. The van der Waals surface area contributed by atoms with E-state index in [1.807, 2.05) is 0 Å². The Kier molecular flexibility index (Phi) is 4.29. The minimum Gasteiger partial charge on any atom is -0.351 e. The molecule has 0 spiro atoms. The Morgan fingerprint density at radius 2 is 2.06 bits per heavy atom. The predicted octanol–water partition coefficient (Wildman–Crippen LogP) is -0.244. The average Bonchev–Trinajstić information content (AvgIpc) is 2.55. The summed E-state index contributed by atoms with van der Waals surface area (Å²) in [6, 6.07) is 0.217. The van der Waals surface area contributed by atoms with Crippen molar-refractivity contribution in [3.63, 3.8) is 0 Å². The van der Waals surface area contributed by atoms with E-state index in [-0.39, 0.29) is 36.4 Å². The van der Waals surface area contributed by atoms with Gasteiger partial charge in [0.15, 0.2) is 0 Å². The van der Waals surface area contributed by atoms with Gasteiger partial charge in [-0.1, -0.05) is 20.3 Å². The standard InChI is InChI=1S/C11H21N3O2/c1-11(2)5-3-4-8(11)14-10(16)7-13-9(15)6-12/h8H,3-7,12H2,1-2H3,(H,13,15)(H,14,16). The fourth-order valence-electron chi connectivity index (χ4n) is 2.09. The van der Waals surface area contributed by atoms with Gasteiger partial charge in [-0.15, -0.1) is 0 Å². The molecule has 0 radical (unpaired) electrons. The van der Waals surface area contributed by atoms with Crippen molar-refractivity contribution in [2.45, 2.75) is 39.2 Å². The molecule has 5 heteroatoms. The molecule has 16 heavy (non-hydrogen) atoms. The highest BCUT2D eigenvalue weighted by Gasteiger charge is 2.35.